The molecule has 41 heavy (non-hydrogen) atoms. The zero-order chi connectivity index (χ0) is 28.9. The number of imidazole rings is 1. The number of anilines is 3. The lowest BCUT2D eigenvalue weighted by Crippen LogP contribution is -2.61. The summed E-state index contributed by atoms with van der Waals surface area (Å²) in [6, 6.07) is 6.52. The summed E-state index contributed by atoms with van der Waals surface area (Å²) in [6.07, 6.45) is 4.89. The summed E-state index contributed by atoms with van der Waals surface area (Å²) in [7, 11) is 0. The summed E-state index contributed by atoms with van der Waals surface area (Å²) in [4.78, 5) is 22.4. The number of fused-ring (bicyclic) bond motifs is 1. The molecule has 2 saturated heterocycles. The topological polar surface area (TPSA) is 123 Å². The minimum Gasteiger partial charge on any atom is -0.374 e. The van der Waals surface area contributed by atoms with E-state index in [2.05, 4.69) is 30.6 Å². The van der Waals surface area contributed by atoms with E-state index in [1.165, 1.54) is 17.5 Å². The molecular weight excluding hydrogens is 537 g/mol. The van der Waals surface area contributed by atoms with Crippen LogP contribution in [0.1, 0.15) is 19.4 Å². The Kier molecular flexibility index (Phi) is 6.78. The van der Waals surface area contributed by atoms with Crippen LogP contribution in [0.3, 0.4) is 0 Å². The molecule has 0 aliphatic carbocycles. The van der Waals surface area contributed by atoms with Crippen LogP contribution in [0.15, 0.2) is 48.9 Å². The fourth-order valence-electron chi connectivity index (χ4n) is 5.51. The van der Waals surface area contributed by atoms with Gasteiger partial charge in [0.15, 0.2) is 5.67 Å². The molecule has 2 aliphatic rings. The van der Waals surface area contributed by atoms with Crippen LogP contribution in [-0.2, 0) is 15.2 Å². The Bertz CT molecular complexity index is 1590. The van der Waals surface area contributed by atoms with Crippen molar-refractivity contribution < 1.29 is 22.7 Å². The lowest BCUT2D eigenvalue weighted by atomic mass is 9.89. The molecule has 4 aromatic rings. The van der Waals surface area contributed by atoms with Crippen LogP contribution in [0, 0.1) is 17.6 Å². The number of nitrogens with two attached hydrogens (primary N) is 1. The third-order valence-corrected chi connectivity index (χ3v) is 7.63. The summed E-state index contributed by atoms with van der Waals surface area (Å²) >= 11 is 0. The van der Waals surface area contributed by atoms with Gasteiger partial charge in [-0.3, -0.25) is 9.78 Å². The highest BCUT2D eigenvalue weighted by molar-refractivity contribution is 5.75. The Balaban J connectivity index is 1.30. The van der Waals surface area contributed by atoms with Gasteiger partial charge in [0.2, 0.25) is 11.9 Å². The second-order valence-corrected chi connectivity index (χ2v) is 10.7. The molecule has 5 heterocycles. The monoisotopic (exact) mass is 566 g/mol. The SMILES string of the molecule is CC(=O)NC1C(C)CN(c2ccncc2Nc2ncc3ccc(-c4c(F)cc(C5(F)COC5)cc4F)nn23)CC1N. The number of nitrogens with one attached hydrogen (secondary N) is 2. The Labute approximate surface area is 233 Å². The summed E-state index contributed by atoms with van der Waals surface area (Å²) in [5.74, 6) is -1.58. The van der Waals surface area contributed by atoms with Gasteiger partial charge >= 0.3 is 0 Å². The van der Waals surface area contributed by atoms with Crippen LogP contribution >= 0.6 is 0 Å². The minimum absolute atomic E-state index is 0.0177. The first-order chi connectivity index (χ1) is 19.6. The molecule has 3 unspecified atom stereocenters. The van der Waals surface area contributed by atoms with E-state index in [1.807, 2.05) is 13.0 Å². The summed E-state index contributed by atoms with van der Waals surface area (Å²) in [5, 5.41) is 10.6. The molecule has 0 spiro atoms. The number of hydrogen-bond donors (Lipinski definition) is 3. The van der Waals surface area contributed by atoms with Crippen molar-refractivity contribution in [3.05, 3.63) is 66.1 Å². The number of piperidine rings is 1. The number of amides is 1. The number of carbonyl (C=O) groups is 1. The van der Waals surface area contributed by atoms with Gasteiger partial charge in [-0.05, 0) is 41.8 Å². The van der Waals surface area contributed by atoms with Gasteiger partial charge in [0, 0.05) is 38.3 Å². The largest absolute Gasteiger partial charge is 0.374 e. The normalized spacial score (nSPS) is 21.9. The van der Waals surface area contributed by atoms with Gasteiger partial charge < -0.3 is 26.0 Å². The zero-order valence-electron chi connectivity index (χ0n) is 22.4. The van der Waals surface area contributed by atoms with Gasteiger partial charge in [-0.15, -0.1) is 0 Å². The quantitative estimate of drug-likeness (QED) is 0.325. The molecule has 1 amide bonds. The second kappa shape index (κ2) is 10.3. The van der Waals surface area contributed by atoms with Crippen LogP contribution in [0.25, 0.3) is 16.8 Å². The van der Waals surface area contributed by atoms with E-state index in [0.717, 1.165) is 17.8 Å². The third kappa shape index (κ3) is 4.95. The molecule has 0 bridgehead atoms. The van der Waals surface area contributed by atoms with E-state index in [-0.39, 0.29) is 53.9 Å². The van der Waals surface area contributed by atoms with Gasteiger partial charge in [-0.1, -0.05) is 6.92 Å². The fourth-order valence-corrected chi connectivity index (χ4v) is 5.51. The molecule has 0 radical (unpaired) electrons. The number of aromatic nitrogens is 4. The van der Waals surface area contributed by atoms with E-state index in [9.17, 15) is 9.18 Å². The number of nitrogens with zero attached hydrogens (tertiary/aromatic N) is 5. The number of hydrogen-bond acceptors (Lipinski definition) is 8. The number of ether oxygens (including phenoxy) is 1. The van der Waals surface area contributed by atoms with Crippen LogP contribution in [0.4, 0.5) is 30.5 Å². The molecule has 0 saturated carbocycles. The summed E-state index contributed by atoms with van der Waals surface area (Å²) < 4.78 is 51.2. The predicted octanol–water partition coefficient (Wildman–Crippen LogP) is 3.30. The van der Waals surface area contributed by atoms with Crippen LogP contribution in [0.2, 0.25) is 0 Å². The average molecular weight is 567 g/mol. The van der Waals surface area contributed by atoms with E-state index >= 15 is 8.78 Å². The first-order valence-corrected chi connectivity index (χ1v) is 13.2. The Morgan fingerprint density at radius 2 is 1.90 bits per heavy atom. The standard InChI is InChI=1S/C28H29F3N8O2/c1-15-11-38(12-21(32)26(15)35-16(2)40)24-5-6-33-10-23(24)36-27-34-9-18-3-4-22(37-39(18)27)25-19(29)7-17(8-20(25)30)28(31)13-41-14-28/h3-10,15,21,26H,11-14,32H2,1-2H3,(H,34,36)(H,35,40). The highest BCUT2D eigenvalue weighted by atomic mass is 19.1. The first kappa shape index (κ1) is 27.0. The molecule has 2 fully saturated rings. The molecular formula is C28H29F3N8O2. The zero-order valence-corrected chi connectivity index (χ0v) is 22.4. The molecule has 2 aliphatic heterocycles. The summed E-state index contributed by atoms with van der Waals surface area (Å²) in [5.41, 5.74) is 6.12. The fraction of sp³-hybridized carbons (Fsp3) is 0.357. The van der Waals surface area contributed by atoms with E-state index in [4.69, 9.17) is 10.5 Å². The molecule has 6 rings (SSSR count). The highest BCUT2D eigenvalue weighted by Crippen LogP contribution is 2.37. The van der Waals surface area contributed by atoms with Crippen LogP contribution < -0.4 is 21.3 Å². The van der Waals surface area contributed by atoms with Gasteiger partial charge in [-0.25, -0.2) is 18.2 Å². The molecule has 10 nitrogen and oxygen atoms in total. The molecule has 13 heteroatoms. The Hall–Kier alpha value is -4.23. The van der Waals surface area contributed by atoms with Crippen LogP contribution in [-0.4, -0.2) is 63.9 Å². The van der Waals surface area contributed by atoms with Crippen molar-refractivity contribution >= 4 is 28.7 Å². The summed E-state index contributed by atoms with van der Waals surface area (Å²) in [6.45, 7) is 4.17. The number of alkyl halides is 1. The number of rotatable bonds is 6. The average Bonchev–Trinajstić information content (AvgIpc) is 3.31. The second-order valence-electron chi connectivity index (χ2n) is 10.7. The van der Waals surface area contributed by atoms with Gasteiger partial charge in [-0.2, -0.15) is 9.61 Å². The van der Waals surface area contributed by atoms with E-state index in [0.29, 0.717) is 30.2 Å². The first-order valence-electron chi connectivity index (χ1n) is 13.2. The van der Waals surface area contributed by atoms with E-state index < -0.39 is 17.3 Å². The van der Waals surface area contributed by atoms with Crippen LogP contribution in [0.5, 0.6) is 0 Å². The Morgan fingerprint density at radius 1 is 1.15 bits per heavy atom. The van der Waals surface area contributed by atoms with Gasteiger partial charge in [0.1, 0.15) is 11.6 Å². The molecule has 214 valence electrons. The number of benzene rings is 1. The molecule has 4 N–H and O–H groups in total. The maximum Gasteiger partial charge on any atom is 0.229 e. The maximum absolute atomic E-state index is 15.1. The third-order valence-electron chi connectivity index (χ3n) is 7.63. The number of pyridine rings is 1. The van der Waals surface area contributed by atoms with Crippen molar-refractivity contribution in [3.63, 3.8) is 0 Å². The lowest BCUT2D eigenvalue weighted by molar-refractivity contribution is -0.135. The lowest BCUT2D eigenvalue weighted by Gasteiger charge is -2.42. The van der Waals surface area contributed by atoms with E-state index in [1.54, 1.807) is 24.7 Å². The van der Waals surface area contributed by atoms with Crippen molar-refractivity contribution in [2.75, 3.05) is 36.5 Å². The highest BCUT2D eigenvalue weighted by Gasteiger charge is 2.42. The Morgan fingerprint density at radius 3 is 2.56 bits per heavy atom. The van der Waals surface area contributed by atoms with Crippen molar-refractivity contribution in [2.24, 2.45) is 11.7 Å². The smallest absolute Gasteiger partial charge is 0.229 e. The van der Waals surface area contributed by atoms with Crippen molar-refractivity contribution in [2.45, 2.75) is 31.6 Å². The number of halogens is 3. The van der Waals surface area contributed by atoms with Crippen molar-refractivity contribution in [1.82, 2.24) is 24.9 Å². The molecule has 3 aromatic heterocycles. The maximum atomic E-state index is 15.1. The van der Waals surface area contributed by atoms with Gasteiger partial charge in [0.25, 0.3) is 0 Å². The van der Waals surface area contributed by atoms with Crippen molar-refractivity contribution in [1.29, 1.82) is 0 Å². The van der Waals surface area contributed by atoms with Crippen molar-refractivity contribution in [3.8, 4) is 11.3 Å². The number of carbonyl (C=O) groups excluding carboxylic acids is 1. The predicted molar refractivity (Wildman–Crippen MR) is 146 cm³/mol. The van der Waals surface area contributed by atoms with Gasteiger partial charge in [0.05, 0.1) is 53.8 Å². The minimum atomic E-state index is -1.90. The molecule has 3 atom stereocenters. The molecule has 1 aromatic carbocycles.